The summed E-state index contributed by atoms with van der Waals surface area (Å²) in [5.41, 5.74) is 6.76. The van der Waals surface area contributed by atoms with Crippen molar-refractivity contribution in [1.29, 1.82) is 0 Å². The summed E-state index contributed by atoms with van der Waals surface area (Å²) >= 11 is 0. The minimum atomic E-state index is -0.303. The number of carbonyl (C=O) groups is 4. The normalized spacial score (nSPS) is 14.5. The first kappa shape index (κ1) is 31.6. The van der Waals surface area contributed by atoms with E-state index in [1.807, 2.05) is 49.2 Å². The van der Waals surface area contributed by atoms with Crippen LogP contribution in [0.25, 0.3) is 43.6 Å². The molecule has 0 fully saturated rings. The van der Waals surface area contributed by atoms with Crippen LogP contribution in [0, 0.1) is 13.8 Å². The number of carbonyl (C=O) groups excluding carboxylic acids is 4. The van der Waals surface area contributed by atoms with E-state index >= 15 is 0 Å². The van der Waals surface area contributed by atoms with E-state index in [1.54, 1.807) is 36.4 Å². The second-order valence-electron chi connectivity index (χ2n) is 13.5. The number of imide groups is 2. The molecule has 0 saturated carbocycles. The fraction of sp³-hybridized carbons (Fsp3) is 0.282. The van der Waals surface area contributed by atoms with Crippen LogP contribution in [0.5, 0.6) is 11.5 Å². The van der Waals surface area contributed by atoms with Crippen LogP contribution in [0.15, 0.2) is 48.5 Å². The van der Waals surface area contributed by atoms with Crippen LogP contribution < -0.4 is 5.32 Å². The number of phenolic OH excluding ortho intramolecular Hbond substituents is 2. The Bertz CT molecular complexity index is 2330. The van der Waals surface area contributed by atoms with E-state index in [0.29, 0.717) is 54.7 Å². The molecule has 4 aromatic carbocycles. The molecule has 0 bridgehead atoms. The Labute approximate surface area is 287 Å². The molecular formula is C39H37N5O6. The minimum absolute atomic E-state index is 0.143. The maximum absolute atomic E-state index is 13.4. The molecule has 6 aromatic rings. The highest BCUT2D eigenvalue weighted by Gasteiger charge is 2.39. The molecule has 50 heavy (non-hydrogen) atoms. The van der Waals surface area contributed by atoms with Crippen molar-refractivity contribution < 1.29 is 29.4 Å². The Kier molecular flexibility index (Phi) is 7.23. The number of amides is 4. The van der Waals surface area contributed by atoms with Gasteiger partial charge in [-0.1, -0.05) is 0 Å². The van der Waals surface area contributed by atoms with Gasteiger partial charge in [-0.15, -0.1) is 0 Å². The number of aromatic hydroxyl groups is 2. The summed E-state index contributed by atoms with van der Waals surface area (Å²) in [6.07, 6.45) is 1.95. The number of fused-ring (bicyclic) bond motifs is 8. The lowest BCUT2D eigenvalue weighted by atomic mass is 9.99. The SMILES string of the molecule is Cc1c2c(cc3c4cc(O)ccc4n(C)c13)C(=O)N(CCCCNCCCN1C(=O)c3cc4c5cc(O)ccc5n(C)c4c(C)c3C1=O)C2=O. The highest BCUT2D eigenvalue weighted by atomic mass is 16.3. The topological polar surface area (TPSA) is 137 Å². The molecule has 0 saturated heterocycles. The van der Waals surface area contributed by atoms with Gasteiger partial charge in [-0.2, -0.15) is 0 Å². The molecule has 11 heteroatoms. The number of nitrogens with one attached hydrogen (secondary N) is 1. The third-order valence-corrected chi connectivity index (χ3v) is 10.6. The Morgan fingerprint density at radius 1 is 0.560 bits per heavy atom. The molecule has 254 valence electrons. The lowest BCUT2D eigenvalue weighted by molar-refractivity contribution is 0.0635. The molecule has 2 aliphatic heterocycles. The van der Waals surface area contributed by atoms with Crippen LogP contribution in [0.2, 0.25) is 0 Å². The number of aromatic nitrogens is 2. The number of hydrogen-bond donors (Lipinski definition) is 3. The quantitative estimate of drug-likeness (QED) is 0.133. The highest BCUT2D eigenvalue weighted by Crippen LogP contribution is 2.40. The molecule has 0 atom stereocenters. The lowest BCUT2D eigenvalue weighted by Gasteiger charge is -2.15. The largest absolute Gasteiger partial charge is 0.508 e. The zero-order chi connectivity index (χ0) is 35.2. The van der Waals surface area contributed by atoms with Crippen molar-refractivity contribution in [1.82, 2.24) is 24.3 Å². The Morgan fingerprint density at radius 2 is 1.00 bits per heavy atom. The minimum Gasteiger partial charge on any atom is -0.508 e. The van der Waals surface area contributed by atoms with E-state index < -0.39 is 0 Å². The first-order valence-corrected chi connectivity index (χ1v) is 16.9. The van der Waals surface area contributed by atoms with Gasteiger partial charge in [0.05, 0.1) is 33.3 Å². The van der Waals surface area contributed by atoms with Crippen molar-refractivity contribution in [2.24, 2.45) is 14.1 Å². The summed E-state index contributed by atoms with van der Waals surface area (Å²) < 4.78 is 3.99. The smallest absolute Gasteiger partial charge is 0.261 e. The van der Waals surface area contributed by atoms with E-state index in [4.69, 9.17) is 0 Å². The number of benzene rings is 4. The number of unbranched alkanes of at least 4 members (excludes halogenated alkanes) is 1. The molecule has 11 nitrogen and oxygen atoms in total. The fourth-order valence-corrected chi connectivity index (χ4v) is 8.24. The van der Waals surface area contributed by atoms with Crippen LogP contribution >= 0.6 is 0 Å². The predicted molar refractivity (Wildman–Crippen MR) is 191 cm³/mol. The van der Waals surface area contributed by atoms with Crippen LogP contribution in [0.4, 0.5) is 0 Å². The second kappa shape index (κ2) is 11.4. The molecule has 8 rings (SSSR count). The zero-order valence-electron chi connectivity index (χ0n) is 28.4. The van der Waals surface area contributed by atoms with Gasteiger partial charge in [-0.05, 0) is 106 Å². The van der Waals surface area contributed by atoms with Crippen LogP contribution in [-0.2, 0) is 14.1 Å². The van der Waals surface area contributed by atoms with E-state index in [0.717, 1.165) is 61.2 Å². The van der Waals surface area contributed by atoms with E-state index in [2.05, 4.69) is 5.32 Å². The summed E-state index contributed by atoms with van der Waals surface area (Å²) in [5, 5.41) is 26.9. The van der Waals surface area contributed by atoms with Crippen molar-refractivity contribution >= 4 is 67.2 Å². The van der Waals surface area contributed by atoms with Gasteiger partial charge in [0.1, 0.15) is 11.5 Å². The molecule has 0 radical (unpaired) electrons. The van der Waals surface area contributed by atoms with E-state index in [1.165, 1.54) is 9.80 Å². The molecule has 4 heterocycles. The summed E-state index contributed by atoms with van der Waals surface area (Å²) in [5.74, 6) is -0.874. The summed E-state index contributed by atoms with van der Waals surface area (Å²) in [4.78, 5) is 56.3. The molecule has 2 aromatic heterocycles. The number of hydrogen-bond acceptors (Lipinski definition) is 7. The number of aryl methyl sites for hydroxylation is 4. The summed E-state index contributed by atoms with van der Waals surface area (Å²) in [6.45, 7) is 5.60. The Morgan fingerprint density at radius 3 is 1.48 bits per heavy atom. The number of rotatable bonds is 9. The van der Waals surface area contributed by atoms with Crippen LogP contribution in [0.3, 0.4) is 0 Å². The third kappa shape index (κ3) is 4.46. The second-order valence-corrected chi connectivity index (χ2v) is 13.5. The van der Waals surface area contributed by atoms with Crippen molar-refractivity contribution in [3.8, 4) is 11.5 Å². The van der Waals surface area contributed by atoms with Gasteiger partial charge in [0.2, 0.25) is 0 Å². The first-order chi connectivity index (χ1) is 24.0. The fourth-order valence-electron chi connectivity index (χ4n) is 8.24. The van der Waals surface area contributed by atoms with Crippen LogP contribution in [0.1, 0.15) is 71.8 Å². The summed E-state index contributed by atoms with van der Waals surface area (Å²) in [6, 6.07) is 13.9. The van der Waals surface area contributed by atoms with Gasteiger partial charge in [-0.3, -0.25) is 29.0 Å². The maximum Gasteiger partial charge on any atom is 0.261 e. The van der Waals surface area contributed by atoms with Gasteiger partial charge >= 0.3 is 0 Å². The molecule has 2 aliphatic rings. The molecule has 3 N–H and O–H groups in total. The molecule has 4 amide bonds. The van der Waals surface area contributed by atoms with Gasteiger partial charge in [-0.25, -0.2) is 0 Å². The zero-order valence-corrected chi connectivity index (χ0v) is 28.4. The van der Waals surface area contributed by atoms with Gasteiger partial charge in [0.15, 0.2) is 0 Å². The third-order valence-electron chi connectivity index (χ3n) is 10.6. The Balaban J connectivity index is 0.860. The van der Waals surface area contributed by atoms with Gasteiger partial charge in [0.25, 0.3) is 23.6 Å². The van der Waals surface area contributed by atoms with Crippen molar-refractivity contribution in [2.45, 2.75) is 33.1 Å². The molecule has 0 unspecified atom stereocenters. The van der Waals surface area contributed by atoms with E-state index in [-0.39, 0.29) is 41.7 Å². The number of nitrogens with zero attached hydrogens (tertiary/aromatic N) is 4. The highest BCUT2D eigenvalue weighted by molar-refractivity contribution is 6.27. The summed E-state index contributed by atoms with van der Waals surface area (Å²) in [7, 11) is 3.84. The van der Waals surface area contributed by atoms with Gasteiger partial charge in [0, 0.05) is 59.8 Å². The number of phenols is 2. The molecular weight excluding hydrogens is 634 g/mol. The van der Waals surface area contributed by atoms with Crippen molar-refractivity contribution in [3.05, 3.63) is 81.9 Å². The first-order valence-electron chi connectivity index (χ1n) is 16.9. The average molecular weight is 672 g/mol. The van der Waals surface area contributed by atoms with Gasteiger partial charge < -0.3 is 24.7 Å². The van der Waals surface area contributed by atoms with E-state index in [9.17, 15) is 29.4 Å². The van der Waals surface area contributed by atoms with Crippen LogP contribution in [-0.4, -0.2) is 79.0 Å². The predicted octanol–water partition coefficient (Wildman–Crippen LogP) is 5.66. The Hall–Kier alpha value is -5.68. The van der Waals surface area contributed by atoms with Crippen molar-refractivity contribution in [3.63, 3.8) is 0 Å². The monoisotopic (exact) mass is 671 g/mol. The average Bonchev–Trinajstić information content (AvgIpc) is 3.70. The lowest BCUT2D eigenvalue weighted by Crippen LogP contribution is -2.33. The molecule has 0 aliphatic carbocycles. The van der Waals surface area contributed by atoms with Crippen molar-refractivity contribution in [2.75, 3.05) is 26.2 Å². The maximum atomic E-state index is 13.4. The molecule has 0 spiro atoms. The standard InChI is InChI=1S/C39H37N5O6/c1-20-32-28(18-26-24-16-22(45)8-10-30(24)41(3)34(20)26)36(47)43(38(32)49)14-6-5-12-40-13-7-15-44-37(48)29-19-27-25-17-23(46)9-11-31(25)42(4)35(27)21(2)33(29)39(44)50/h8-11,16-19,40,45-46H,5-7,12-15H2,1-4H3.